The molecule has 0 fully saturated rings. The second-order valence-corrected chi connectivity index (χ2v) is 22.7. The van der Waals surface area contributed by atoms with Crippen molar-refractivity contribution in [2.24, 2.45) is 0 Å². The minimum atomic E-state index is 0.966. The number of aromatic nitrogens is 4. The average Bonchev–Trinajstić information content (AvgIpc) is 4.13. The van der Waals surface area contributed by atoms with E-state index in [-0.39, 0.29) is 0 Å². The minimum absolute atomic E-state index is 0.966. The number of aryl methyl sites for hydroxylation is 6. The first-order valence-corrected chi connectivity index (χ1v) is 30.8. The Balaban J connectivity index is 1.64. The normalized spacial score (nSPS) is 12.6. The molecule has 2 N–H and O–H groups in total. The molecular formula is C72H98N4. The molecule has 2 aliphatic rings. The number of H-pyrrole nitrogens is 2. The highest BCUT2D eigenvalue weighted by atomic mass is 14.8. The third kappa shape index (κ3) is 14.6. The third-order valence-electron chi connectivity index (χ3n) is 16.9. The van der Waals surface area contributed by atoms with E-state index in [1.54, 1.807) is 0 Å². The molecule has 4 heteroatoms. The summed E-state index contributed by atoms with van der Waals surface area (Å²) in [5.74, 6) is 0. The first-order chi connectivity index (χ1) is 37.2. The molecule has 2 aliphatic heterocycles. The molecule has 5 aromatic rings. The van der Waals surface area contributed by atoms with Crippen LogP contribution in [-0.2, 0) is 25.7 Å². The molecule has 0 unspecified atom stereocenters. The van der Waals surface area contributed by atoms with Gasteiger partial charge in [-0.25, -0.2) is 9.97 Å². The van der Waals surface area contributed by atoms with Crippen LogP contribution in [0, 0.1) is 13.8 Å². The molecule has 406 valence electrons. The van der Waals surface area contributed by atoms with E-state index in [0.717, 1.165) is 87.0 Å². The smallest absolute Gasteiger partial charge is 0.0769 e. The molecular weight excluding hydrogens is 921 g/mol. The van der Waals surface area contributed by atoms with E-state index >= 15 is 0 Å². The Labute approximate surface area is 461 Å². The van der Waals surface area contributed by atoms with E-state index in [1.807, 2.05) is 12.2 Å². The standard InChI is InChI=1S/C72H98N4/c1-11-17-23-27-31-37-59-51(7)69-67(57-45-41-55(42-46-57)35-21-15-5)70-53(9)61(39-33-29-25-19-13-3)65(75-70)50-66-62(40-34-30-26-20-14-4)54(10)72(76-66)68(58-47-43-56(44-48-58)36-22-16-6)71-52(8)60(38-32-28-24-18-12-2)64(74-71)49-63(59)73-69/h15-16,41-50,73,75H,5-6,11-14,17-40H2,1-4,7-10H3. The molecule has 0 atom stereocenters. The number of unbranched alkanes of at least 4 members (excludes halogenated alkanes) is 16. The molecule has 3 aromatic heterocycles. The lowest BCUT2D eigenvalue weighted by atomic mass is 9.91. The monoisotopic (exact) mass is 1020 g/mol. The van der Waals surface area contributed by atoms with Crippen molar-refractivity contribution in [1.29, 1.82) is 0 Å². The predicted molar refractivity (Wildman–Crippen MR) is 335 cm³/mol. The van der Waals surface area contributed by atoms with Crippen LogP contribution in [0.5, 0.6) is 0 Å². The molecule has 4 nitrogen and oxygen atoms in total. The van der Waals surface area contributed by atoms with Gasteiger partial charge in [0, 0.05) is 22.2 Å². The van der Waals surface area contributed by atoms with Gasteiger partial charge in [-0.2, -0.15) is 0 Å². The van der Waals surface area contributed by atoms with E-state index in [1.165, 1.54) is 216 Å². The summed E-state index contributed by atoms with van der Waals surface area (Å²) in [6, 6.07) is 23.8. The lowest BCUT2D eigenvalue weighted by Crippen LogP contribution is -1.94. The van der Waals surface area contributed by atoms with Crippen molar-refractivity contribution in [3.8, 4) is 22.3 Å². The maximum Gasteiger partial charge on any atom is 0.0769 e. The van der Waals surface area contributed by atoms with E-state index in [4.69, 9.17) is 9.97 Å². The summed E-state index contributed by atoms with van der Waals surface area (Å²) in [5, 5.41) is 0. The van der Waals surface area contributed by atoms with Crippen molar-refractivity contribution >= 4 is 44.4 Å². The molecule has 0 radical (unpaired) electrons. The van der Waals surface area contributed by atoms with Crippen LogP contribution < -0.4 is 0 Å². The summed E-state index contributed by atoms with van der Waals surface area (Å²) in [4.78, 5) is 20.3. The largest absolute Gasteiger partial charge is 0.354 e. The number of benzene rings is 2. The maximum atomic E-state index is 5.92. The van der Waals surface area contributed by atoms with Gasteiger partial charge in [-0.05, 0) is 184 Å². The molecule has 5 heterocycles. The van der Waals surface area contributed by atoms with E-state index in [0.29, 0.717) is 0 Å². The van der Waals surface area contributed by atoms with Gasteiger partial charge in [0.1, 0.15) is 0 Å². The van der Waals surface area contributed by atoms with Gasteiger partial charge in [-0.1, -0.05) is 191 Å². The van der Waals surface area contributed by atoms with Crippen LogP contribution in [0.25, 0.3) is 66.6 Å². The fraction of sp³-hybridized carbons (Fsp3) is 0.500. The van der Waals surface area contributed by atoms with Crippen LogP contribution in [0.4, 0.5) is 0 Å². The van der Waals surface area contributed by atoms with Crippen LogP contribution >= 0.6 is 0 Å². The lowest BCUT2D eigenvalue weighted by molar-refractivity contribution is 0.632. The number of allylic oxidation sites excluding steroid dienone is 6. The van der Waals surface area contributed by atoms with Gasteiger partial charge in [0.15, 0.2) is 0 Å². The van der Waals surface area contributed by atoms with Gasteiger partial charge in [-0.3, -0.25) is 0 Å². The zero-order valence-corrected chi connectivity index (χ0v) is 49.0. The molecule has 0 aliphatic carbocycles. The topological polar surface area (TPSA) is 57.4 Å². The molecule has 8 bridgehead atoms. The first-order valence-electron chi connectivity index (χ1n) is 30.8. The van der Waals surface area contributed by atoms with Gasteiger partial charge in [-0.15, -0.1) is 13.2 Å². The Bertz CT molecular complexity index is 2780. The minimum Gasteiger partial charge on any atom is -0.354 e. The van der Waals surface area contributed by atoms with E-state index in [2.05, 4.69) is 139 Å². The third-order valence-corrected chi connectivity index (χ3v) is 16.9. The first kappa shape index (κ1) is 58.2. The highest BCUT2D eigenvalue weighted by molar-refractivity contribution is 6.03. The van der Waals surface area contributed by atoms with Crippen molar-refractivity contribution in [3.63, 3.8) is 0 Å². The summed E-state index contributed by atoms with van der Waals surface area (Å²) < 4.78 is 0. The van der Waals surface area contributed by atoms with E-state index in [9.17, 15) is 0 Å². The van der Waals surface area contributed by atoms with Gasteiger partial charge in [0.05, 0.1) is 33.8 Å². The number of rotatable bonds is 32. The maximum absolute atomic E-state index is 5.92. The number of aromatic amines is 2. The Morgan fingerprint density at radius 1 is 0.408 bits per heavy atom. The Morgan fingerprint density at radius 2 is 0.750 bits per heavy atom. The van der Waals surface area contributed by atoms with E-state index < -0.39 is 0 Å². The van der Waals surface area contributed by atoms with Gasteiger partial charge < -0.3 is 9.97 Å². The second-order valence-electron chi connectivity index (χ2n) is 22.7. The van der Waals surface area contributed by atoms with Crippen molar-refractivity contribution in [2.75, 3.05) is 0 Å². The van der Waals surface area contributed by atoms with Crippen molar-refractivity contribution in [3.05, 3.63) is 142 Å². The highest BCUT2D eigenvalue weighted by Gasteiger charge is 2.28. The molecule has 7 rings (SSSR count). The second kappa shape index (κ2) is 29.9. The summed E-state index contributed by atoms with van der Waals surface area (Å²) in [6.45, 7) is 26.9. The zero-order valence-electron chi connectivity index (χ0n) is 49.0. The molecule has 2 aromatic carbocycles. The molecule has 76 heavy (non-hydrogen) atoms. The number of hydrogen-bond donors (Lipinski definition) is 2. The number of fused-ring (bicyclic) bond motifs is 8. The van der Waals surface area contributed by atoms with Crippen LogP contribution in [-0.4, -0.2) is 19.9 Å². The SMILES string of the molecule is C=CCCc1ccc(-c2c3nc(cc4[nH]c(c(C)c4CCCCCCC)c(-c4ccc(CCC=C)cc4)c4[nH]c(cc5nc2C(C)=C5CCCCCCC)c(CCCCCCC)c4C)C(CCCCCCC)=C3C)cc1. The Hall–Kier alpha value is -5.48. The molecule has 0 amide bonds. The van der Waals surface area contributed by atoms with Crippen LogP contribution in [0.3, 0.4) is 0 Å². The van der Waals surface area contributed by atoms with Gasteiger partial charge in [0.25, 0.3) is 0 Å². The van der Waals surface area contributed by atoms with Gasteiger partial charge in [0.2, 0.25) is 0 Å². The lowest BCUT2D eigenvalue weighted by Gasteiger charge is -2.11. The summed E-state index contributed by atoms with van der Waals surface area (Å²) in [5.41, 5.74) is 27.7. The summed E-state index contributed by atoms with van der Waals surface area (Å²) in [6.07, 6.45) is 36.9. The highest BCUT2D eigenvalue weighted by Crippen LogP contribution is 2.45. The number of hydrogen-bond acceptors (Lipinski definition) is 2. The number of nitrogens with zero attached hydrogens (tertiary/aromatic N) is 2. The fourth-order valence-corrected chi connectivity index (χ4v) is 12.2. The predicted octanol–water partition coefficient (Wildman–Crippen LogP) is 22.1. The van der Waals surface area contributed by atoms with Crippen molar-refractivity contribution in [2.45, 2.75) is 235 Å². The fourth-order valence-electron chi connectivity index (χ4n) is 12.2. The molecule has 0 saturated carbocycles. The van der Waals surface area contributed by atoms with Crippen molar-refractivity contribution < 1.29 is 0 Å². The summed E-state index contributed by atoms with van der Waals surface area (Å²) in [7, 11) is 0. The zero-order chi connectivity index (χ0) is 53.8. The Kier molecular flexibility index (Phi) is 22.9. The number of nitrogens with one attached hydrogen (secondary N) is 2. The average molecular weight is 1020 g/mol. The quantitative estimate of drug-likeness (QED) is 0.0333. The van der Waals surface area contributed by atoms with Gasteiger partial charge >= 0.3 is 0 Å². The van der Waals surface area contributed by atoms with Crippen LogP contribution in [0.15, 0.2) is 86.0 Å². The summed E-state index contributed by atoms with van der Waals surface area (Å²) >= 11 is 0. The molecule has 0 saturated heterocycles. The van der Waals surface area contributed by atoms with Crippen LogP contribution in [0.2, 0.25) is 0 Å². The Morgan fingerprint density at radius 3 is 1.11 bits per heavy atom. The van der Waals surface area contributed by atoms with Crippen molar-refractivity contribution in [1.82, 2.24) is 19.9 Å². The molecule has 0 spiro atoms. The van der Waals surface area contributed by atoms with Crippen LogP contribution in [0.1, 0.15) is 252 Å².